The minimum Gasteiger partial charge on any atom is -0.432 e. The second-order valence-electron chi connectivity index (χ2n) is 12.5. The van der Waals surface area contributed by atoms with Gasteiger partial charge < -0.3 is 19.5 Å². The molecule has 0 bridgehead atoms. The number of rotatable bonds is 10. The van der Waals surface area contributed by atoms with Crippen LogP contribution in [0.1, 0.15) is 129 Å². The van der Waals surface area contributed by atoms with Gasteiger partial charge in [0.2, 0.25) is 5.91 Å². The molecule has 0 radical (unpaired) electrons. The third-order valence-electron chi connectivity index (χ3n) is 6.91. The van der Waals surface area contributed by atoms with Crippen LogP contribution in [0, 0.1) is 5.92 Å². The van der Waals surface area contributed by atoms with E-state index in [-0.39, 0.29) is 77.5 Å². The zero-order valence-corrected chi connectivity index (χ0v) is 26.2. The van der Waals surface area contributed by atoms with Crippen LogP contribution in [0.5, 0.6) is 0 Å². The fourth-order valence-electron chi connectivity index (χ4n) is 5.27. The molecule has 2 rings (SSSR count). The molecule has 3 atom stereocenters. The third-order valence-corrected chi connectivity index (χ3v) is 6.91. The predicted octanol–water partition coefficient (Wildman–Crippen LogP) is 8.72. The first kappa shape index (κ1) is 47.8. The number of amides is 1. The molecular formula is C35H70N2O6. The summed E-state index contributed by atoms with van der Waals surface area (Å²) in [5.41, 5.74) is 0.722. The number of aliphatic hydroxyl groups is 1. The molecule has 0 aromatic heterocycles. The highest BCUT2D eigenvalue weighted by molar-refractivity contribution is 5.78. The molecule has 1 aliphatic rings. The Hall–Kier alpha value is -2.16. The SMILES string of the molecule is C.C.C.C.CC(C)OC(=O)OCC(C)ON1C(C)(C)CC(O)CC1(C)C.CCC(CC(C)c1ccccc1)C(=O)N(C)C. The summed E-state index contributed by atoms with van der Waals surface area (Å²) < 4.78 is 9.97. The van der Waals surface area contributed by atoms with E-state index in [1.54, 1.807) is 18.7 Å². The summed E-state index contributed by atoms with van der Waals surface area (Å²) in [6, 6.07) is 10.4. The Morgan fingerprint density at radius 1 is 0.953 bits per heavy atom. The molecule has 256 valence electrons. The van der Waals surface area contributed by atoms with Crippen LogP contribution >= 0.6 is 0 Å². The van der Waals surface area contributed by atoms with Crippen LogP contribution in [-0.4, -0.2) is 77.2 Å². The van der Waals surface area contributed by atoms with Crippen molar-refractivity contribution in [2.24, 2.45) is 5.92 Å². The fraction of sp³-hybridized carbons (Fsp3) is 0.771. The standard InChI is InChI=1S/C16H31NO5.C15H23NO.4CH4/c1-11(2)21-14(19)20-10-12(3)22-17-15(4,5)8-13(18)9-16(17,6)7;1-5-13(15(17)16(3)4)11-12(2)14-9-7-6-8-10-14;;;;/h11-13,18H,8-10H2,1-7H3;6-10,12-13H,5,11H2,1-4H3;4*1H4. The number of carbonyl (C=O) groups excluding carboxylic acids is 2. The van der Waals surface area contributed by atoms with Crippen LogP contribution in [0.3, 0.4) is 0 Å². The number of nitrogens with zero attached hydrogens (tertiary/aromatic N) is 2. The van der Waals surface area contributed by atoms with Gasteiger partial charge in [-0.15, -0.1) is 0 Å². The first-order valence-electron chi connectivity index (χ1n) is 14.2. The number of aliphatic hydroxyl groups excluding tert-OH is 1. The first-order valence-corrected chi connectivity index (χ1v) is 14.2. The normalized spacial score (nSPS) is 17.5. The van der Waals surface area contributed by atoms with E-state index in [4.69, 9.17) is 14.3 Å². The van der Waals surface area contributed by atoms with Crippen molar-refractivity contribution in [2.45, 2.75) is 153 Å². The number of benzene rings is 1. The summed E-state index contributed by atoms with van der Waals surface area (Å²) in [6.45, 7) is 17.9. The van der Waals surface area contributed by atoms with Gasteiger partial charge in [0.15, 0.2) is 0 Å². The van der Waals surface area contributed by atoms with Crippen LogP contribution in [0.15, 0.2) is 30.3 Å². The highest BCUT2D eigenvalue weighted by atomic mass is 16.7. The van der Waals surface area contributed by atoms with Crippen molar-refractivity contribution < 1.29 is 29.0 Å². The van der Waals surface area contributed by atoms with Crippen LogP contribution in [-0.2, 0) is 19.1 Å². The Kier molecular flexibility index (Phi) is 23.9. The zero-order valence-electron chi connectivity index (χ0n) is 26.2. The molecule has 43 heavy (non-hydrogen) atoms. The monoisotopic (exact) mass is 615 g/mol. The Bertz CT molecular complexity index is 854. The number of hydrogen-bond acceptors (Lipinski definition) is 7. The Balaban J connectivity index is -0.000000332. The molecule has 1 heterocycles. The lowest BCUT2D eigenvalue weighted by Gasteiger charge is -2.53. The lowest BCUT2D eigenvalue weighted by Crippen LogP contribution is -2.62. The van der Waals surface area contributed by atoms with Gasteiger partial charge in [0.05, 0.1) is 12.2 Å². The molecule has 1 aromatic carbocycles. The fourth-order valence-corrected chi connectivity index (χ4v) is 5.27. The Morgan fingerprint density at radius 2 is 1.44 bits per heavy atom. The van der Waals surface area contributed by atoms with Crippen molar-refractivity contribution in [3.05, 3.63) is 35.9 Å². The molecule has 1 aliphatic heterocycles. The van der Waals surface area contributed by atoms with E-state index >= 15 is 0 Å². The van der Waals surface area contributed by atoms with E-state index in [0.29, 0.717) is 18.8 Å². The van der Waals surface area contributed by atoms with Crippen LogP contribution in [0.2, 0.25) is 0 Å². The molecule has 8 nitrogen and oxygen atoms in total. The van der Waals surface area contributed by atoms with Gasteiger partial charge in [-0.3, -0.25) is 9.63 Å². The van der Waals surface area contributed by atoms with Gasteiger partial charge in [-0.1, -0.05) is 73.9 Å². The maximum atomic E-state index is 12.0. The molecule has 0 aliphatic carbocycles. The van der Waals surface area contributed by atoms with Crippen molar-refractivity contribution >= 4 is 12.1 Å². The van der Waals surface area contributed by atoms with E-state index < -0.39 is 6.16 Å². The number of carbonyl (C=O) groups is 2. The summed E-state index contributed by atoms with van der Waals surface area (Å²) in [6.07, 6.45) is 1.60. The van der Waals surface area contributed by atoms with Gasteiger partial charge >= 0.3 is 6.16 Å². The highest BCUT2D eigenvalue weighted by Crippen LogP contribution is 2.39. The molecule has 0 spiro atoms. The van der Waals surface area contributed by atoms with Crippen molar-refractivity contribution in [1.29, 1.82) is 0 Å². The van der Waals surface area contributed by atoms with Gasteiger partial charge in [-0.25, -0.2) is 4.79 Å². The molecule has 1 saturated heterocycles. The largest absolute Gasteiger partial charge is 0.508 e. The van der Waals surface area contributed by atoms with E-state index in [2.05, 4.69) is 38.1 Å². The summed E-state index contributed by atoms with van der Waals surface area (Å²) in [7, 11) is 3.66. The third kappa shape index (κ3) is 16.5. The molecule has 1 fully saturated rings. The first-order chi connectivity index (χ1) is 18.0. The van der Waals surface area contributed by atoms with Gasteiger partial charge in [0.1, 0.15) is 12.7 Å². The smallest absolute Gasteiger partial charge is 0.432 e. The van der Waals surface area contributed by atoms with Gasteiger partial charge in [-0.05, 0) is 85.6 Å². The van der Waals surface area contributed by atoms with Gasteiger partial charge in [0, 0.05) is 31.1 Å². The molecule has 3 unspecified atom stereocenters. The minimum absolute atomic E-state index is 0. The van der Waals surface area contributed by atoms with Gasteiger partial charge in [0.25, 0.3) is 0 Å². The number of piperidine rings is 1. The molecular weight excluding hydrogens is 544 g/mol. The number of hydroxylamine groups is 2. The van der Waals surface area contributed by atoms with Crippen LogP contribution < -0.4 is 0 Å². The molecule has 1 aromatic rings. The maximum absolute atomic E-state index is 12.0. The van der Waals surface area contributed by atoms with E-state index in [0.717, 1.165) is 12.8 Å². The number of hydrogen-bond donors (Lipinski definition) is 1. The molecule has 1 N–H and O–H groups in total. The minimum atomic E-state index is -0.682. The lowest BCUT2D eigenvalue weighted by molar-refractivity contribution is -0.314. The zero-order chi connectivity index (χ0) is 30.0. The van der Waals surface area contributed by atoms with Crippen molar-refractivity contribution in [3.63, 3.8) is 0 Å². The van der Waals surface area contributed by atoms with Crippen molar-refractivity contribution in [2.75, 3.05) is 20.7 Å². The highest BCUT2D eigenvalue weighted by Gasteiger charge is 2.46. The maximum Gasteiger partial charge on any atom is 0.508 e. The van der Waals surface area contributed by atoms with Crippen molar-refractivity contribution in [3.8, 4) is 0 Å². The molecule has 0 saturated carbocycles. The Morgan fingerprint density at radius 3 is 1.86 bits per heavy atom. The van der Waals surface area contributed by atoms with Gasteiger partial charge in [-0.2, -0.15) is 5.06 Å². The summed E-state index contributed by atoms with van der Waals surface area (Å²) >= 11 is 0. The number of ether oxygens (including phenoxy) is 2. The van der Waals surface area contributed by atoms with Crippen molar-refractivity contribution in [1.82, 2.24) is 9.96 Å². The van der Waals surface area contributed by atoms with Crippen LogP contribution in [0.25, 0.3) is 0 Å². The molecule has 8 heteroatoms. The second kappa shape index (κ2) is 21.5. The van der Waals surface area contributed by atoms with E-state index in [1.807, 2.05) is 59.8 Å². The quantitative estimate of drug-likeness (QED) is 0.264. The van der Waals surface area contributed by atoms with Crippen LogP contribution in [0.4, 0.5) is 4.79 Å². The second-order valence-corrected chi connectivity index (χ2v) is 12.5. The summed E-state index contributed by atoms with van der Waals surface area (Å²) in [5.74, 6) is 0.820. The predicted molar refractivity (Wildman–Crippen MR) is 182 cm³/mol. The summed E-state index contributed by atoms with van der Waals surface area (Å²) in [5, 5.41) is 11.9. The van der Waals surface area contributed by atoms with E-state index in [1.165, 1.54) is 5.56 Å². The topological polar surface area (TPSA) is 88.5 Å². The van der Waals surface area contributed by atoms with E-state index in [9.17, 15) is 14.7 Å². The lowest BCUT2D eigenvalue weighted by atomic mass is 9.80. The average molecular weight is 615 g/mol. The Labute approximate surface area is 266 Å². The average Bonchev–Trinajstić information content (AvgIpc) is 2.82. The molecule has 1 amide bonds. The summed E-state index contributed by atoms with van der Waals surface area (Å²) in [4.78, 5) is 31.1.